The Morgan fingerprint density at radius 2 is 2.00 bits per heavy atom. The van der Waals surface area contributed by atoms with Crippen molar-refractivity contribution in [2.45, 2.75) is 32.0 Å². The molecule has 0 saturated carbocycles. The SMILES string of the molecule is O=c1cc(NC2CCCCN2Cc2ccc3c(c2)OCO3)c2cc(Cl)ccc2[nH]1. The molecule has 29 heavy (non-hydrogen) atoms. The van der Waals surface area contributed by atoms with Gasteiger partial charge in [0.1, 0.15) is 0 Å². The van der Waals surface area contributed by atoms with E-state index in [1.807, 2.05) is 18.2 Å². The lowest BCUT2D eigenvalue weighted by atomic mass is 10.1. The van der Waals surface area contributed by atoms with Gasteiger partial charge in [0, 0.05) is 29.6 Å². The van der Waals surface area contributed by atoms with Gasteiger partial charge in [0.15, 0.2) is 11.5 Å². The average molecular weight is 412 g/mol. The fourth-order valence-corrected chi connectivity index (χ4v) is 4.31. The van der Waals surface area contributed by atoms with Gasteiger partial charge in [0.2, 0.25) is 12.4 Å². The summed E-state index contributed by atoms with van der Waals surface area (Å²) in [6, 6.07) is 13.2. The van der Waals surface area contributed by atoms with Crippen molar-refractivity contribution in [1.82, 2.24) is 9.88 Å². The number of H-pyrrole nitrogens is 1. The second kappa shape index (κ2) is 7.61. The Labute approximate surface area is 173 Å². The molecule has 3 heterocycles. The second-order valence-electron chi connectivity index (χ2n) is 7.55. The molecule has 0 aliphatic carbocycles. The van der Waals surface area contributed by atoms with Gasteiger partial charge in [-0.1, -0.05) is 17.7 Å². The van der Waals surface area contributed by atoms with Crippen LogP contribution in [0.15, 0.2) is 47.3 Å². The molecule has 2 N–H and O–H groups in total. The Morgan fingerprint density at radius 1 is 1.10 bits per heavy atom. The van der Waals surface area contributed by atoms with Gasteiger partial charge in [-0.3, -0.25) is 9.69 Å². The number of aromatic amines is 1. The number of nitrogens with zero attached hydrogens (tertiary/aromatic N) is 1. The number of nitrogens with one attached hydrogen (secondary N) is 2. The lowest BCUT2D eigenvalue weighted by molar-refractivity contribution is 0.158. The van der Waals surface area contributed by atoms with Gasteiger partial charge in [-0.2, -0.15) is 0 Å². The van der Waals surface area contributed by atoms with E-state index in [2.05, 4.69) is 27.3 Å². The number of hydrogen-bond acceptors (Lipinski definition) is 5. The maximum atomic E-state index is 12.1. The van der Waals surface area contributed by atoms with Gasteiger partial charge in [-0.05, 0) is 55.2 Å². The minimum atomic E-state index is -0.125. The first-order valence-electron chi connectivity index (χ1n) is 9.87. The van der Waals surface area contributed by atoms with E-state index in [1.54, 1.807) is 12.1 Å². The number of anilines is 1. The molecule has 2 aliphatic rings. The summed E-state index contributed by atoms with van der Waals surface area (Å²) in [5, 5.41) is 5.17. The van der Waals surface area contributed by atoms with E-state index in [0.29, 0.717) is 5.02 Å². The molecule has 5 rings (SSSR count). The van der Waals surface area contributed by atoms with Crippen molar-refractivity contribution in [3.8, 4) is 11.5 Å². The molecule has 1 fully saturated rings. The quantitative estimate of drug-likeness (QED) is 0.668. The highest BCUT2D eigenvalue weighted by Crippen LogP contribution is 2.34. The summed E-state index contributed by atoms with van der Waals surface area (Å²) >= 11 is 6.20. The Bertz CT molecular complexity index is 1110. The number of rotatable bonds is 4. The Morgan fingerprint density at radius 3 is 2.93 bits per heavy atom. The molecule has 1 aromatic heterocycles. The number of aromatic nitrogens is 1. The molecular formula is C22H22ClN3O3. The lowest BCUT2D eigenvalue weighted by Crippen LogP contribution is -2.44. The zero-order chi connectivity index (χ0) is 19.8. The second-order valence-corrected chi connectivity index (χ2v) is 7.99. The number of benzene rings is 2. The van der Waals surface area contributed by atoms with Gasteiger partial charge < -0.3 is 19.8 Å². The third-order valence-electron chi connectivity index (χ3n) is 5.56. The molecule has 2 aromatic carbocycles. The van der Waals surface area contributed by atoms with Gasteiger partial charge in [0.05, 0.1) is 17.4 Å². The minimum Gasteiger partial charge on any atom is -0.454 e. The van der Waals surface area contributed by atoms with E-state index >= 15 is 0 Å². The molecular weight excluding hydrogens is 390 g/mol. The predicted octanol–water partition coefficient (Wildman–Crippen LogP) is 4.33. The van der Waals surface area contributed by atoms with Crippen molar-refractivity contribution in [3.05, 3.63) is 63.4 Å². The topological polar surface area (TPSA) is 66.6 Å². The highest BCUT2D eigenvalue weighted by atomic mass is 35.5. The fourth-order valence-electron chi connectivity index (χ4n) is 4.14. The number of pyridine rings is 1. The van der Waals surface area contributed by atoms with Crippen molar-refractivity contribution in [3.63, 3.8) is 0 Å². The van der Waals surface area contributed by atoms with Crippen LogP contribution in [-0.2, 0) is 6.54 Å². The molecule has 1 atom stereocenters. The number of ether oxygens (including phenoxy) is 2. The normalized spacial score (nSPS) is 18.9. The number of hydrogen-bond donors (Lipinski definition) is 2. The number of halogens is 1. The summed E-state index contributed by atoms with van der Waals surface area (Å²) < 4.78 is 10.9. The highest BCUT2D eigenvalue weighted by Gasteiger charge is 2.24. The van der Waals surface area contributed by atoms with Crippen molar-refractivity contribution in [2.24, 2.45) is 0 Å². The minimum absolute atomic E-state index is 0.125. The van der Waals surface area contributed by atoms with Crippen LogP contribution >= 0.6 is 11.6 Å². The molecule has 0 radical (unpaired) electrons. The molecule has 150 valence electrons. The van der Waals surface area contributed by atoms with E-state index in [-0.39, 0.29) is 18.5 Å². The van der Waals surface area contributed by atoms with Gasteiger partial charge in [-0.25, -0.2) is 0 Å². The van der Waals surface area contributed by atoms with Crippen molar-refractivity contribution in [1.29, 1.82) is 0 Å². The standard InChI is InChI=1S/C22H22ClN3O3/c23-15-5-6-17-16(10-15)18(11-22(27)25-17)24-21-3-1-2-8-26(21)12-14-4-7-19-20(9-14)29-13-28-19/h4-7,9-11,21H,1-3,8,12-13H2,(H2,24,25,27). The van der Waals surface area contributed by atoms with Gasteiger partial charge in [-0.15, -0.1) is 0 Å². The zero-order valence-corrected chi connectivity index (χ0v) is 16.7. The zero-order valence-electron chi connectivity index (χ0n) is 15.9. The van der Waals surface area contributed by atoms with Crippen LogP contribution in [0.3, 0.4) is 0 Å². The summed E-state index contributed by atoms with van der Waals surface area (Å²) in [7, 11) is 0. The monoisotopic (exact) mass is 411 g/mol. The predicted molar refractivity (Wildman–Crippen MR) is 114 cm³/mol. The smallest absolute Gasteiger partial charge is 0.250 e. The molecule has 6 nitrogen and oxygen atoms in total. The van der Waals surface area contributed by atoms with Gasteiger partial charge in [0.25, 0.3) is 0 Å². The highest BCUT2D eigenvalue weighted by molar-refractivity contribution is 6.31. The molecule has 0 bridgehead atoms. The molecule has 3 aromatic rings. The van der Waals surface area contributed by atoms with Crippen LogP contribution in [0.25, 0.3) is 10.9 Å². The van der Waals surface area contributed by atoms with E-state index in [0.717, 1.165) is 60.4 Å². The first-order valence-corrected chi connectivity index (χ1v) is 10.3. The molecule has 7 heteroatoms. The Kier molecular flexibility index (Phi) is 4.81. The summed E-state index contributed by atoms with van der Waals surface area (Å²) in [6.45, 7) is 2.08. The van der Waals surface area contributed by atoms with E-state index in [4.69, 9.17) is 21.1 Å². The first-order chi connectivity index (χ1) is 14.2. The van der Waals surface area contributed by atoms with Crippen LogP contribution in [0.5, 0.6) is 11.5 Å². The Hall–Kier alpha value is -2.70. The molecule has 1 unspecified atom stereocenters. The van der Waals surface area contributed by atoms with Crippen LogP contribution in [-0.4, -0.2) is 29.4 Å². The first kappa shape index (κ1) is 18.3. The molecule has 0 amide bonds. The average Bonchev–Trinajstić information content (AvgIpc) is 3.18. The summed E-state index contributed by atoms with van der Waals surface area (Å²) in [5.41, 5.74) is 2.65. The molecule has 2 aliphatic heterocycles. The number of piperidine rings is 1. The lowest BCUT2D eigenvalue weighted by Gasteiger charge is -2.37. The third-order valence-corrected chi connectivity index (χ3v) is 5.80. The van der Waals surface area contributed by atoms with Crippen LogP contribution in [0.2, 0.25) is 5.02 Å². The van der Waals surface area contributed by atoms with Crippen LogP contribution < -0.4 is 20.3 Å². The van der Waals surface area contributed by atoms with E-state index in [9.17, 15) is 4.79 Å². The van der Waals surface area contributed by atoms with Crippen molar-refractivity contribution in [2.75, 3.05) is 18.7 Å². The fraction of sp³-hybridized carbons (Fsp3) is 0.318. The van der Waals surface area contributed by atoms with E-state index in [1.165, 1.54) is 5.56 Å². The van der Waals surface area contributed by atoms with Crippen LogP contribution in [0, 0.1) is 0 Å². The molecule has 1 saturated heterocycles. The number of fused-ring (bicyclic) bond motifs is 2. The van der Waals surface area contributed by atoms with E-state index < -0.39 is 0 Å². The van der Waals surface area contributed by atoms with Crippen LogP contribution in [0.4, 0.5) is 5.69 Å². The van der Waals surface area contributed by atoms with Gasteiger partial charge >= 0.3 is 0 Å². The largest absolute Gasteiger partial charge is 0.454 e. The van der Waals surface area contributed by atoms with Crippen molar-refractivity contribution < 1.29 is 9.47 Å². The third kappa shape index (κ3) is 3.78. The maximum absolute atomic E-state index is 12.1. The number of likely N-dealkylation sites (tertiary alicyclic amines) is 1. The summed E-state index contributed by atoms with van der Waals surface area (Å²) in [4.78, 5) is 17.4. The van der Waals surface area contributed by atoms with Crippen LogP contribution in [0.1, 0.15) is 24.8 Å². The van der Waals surface area contributed by atoms with Crippen molar-refractivity contribution >= 4 is 28.2 Å². The summed E-state index contributed by atoms with van der Waals surface area (Å²) in [5.74, 6) is 1.60. The maximum Gasteiger partial charge on any atom is 0.250 e. The molecule has 0 spiro atoms. The Balaban J connectivity index is 1.41. The summed E-state index contributed by atoms with van der Waals surface area (Å²) in [6.07, 6.45) is 3.46.